The molecule has 0 spiro atoms. The van der Waals surface area contributed by atoms with E-state index in [1.807, 2.05) is 13.2 Å². The van der Waals surface area contributed by atoms with Crippen molar-refractivity contribution in [2.24, 2.45) is 0 Å². The van der Waals surface area contributed by atoms with E-state index in [1.54, 1.807) is 0 Å². The predicted octanol–water partition coefficient (Wildman–Crippen LogP) is 2.44. The van der Waals surface area contributed by atoms with Gasteiger partial charge in [0.2, 0.25) is 5.89 Å². The molecule has 1 saturated carbocycles. The molecular weight excluding hydrogens is 176 g/mol. The van der Waals surface area contributed by atoms with Crippen molar-refractivity contribution in [3.05, 3.63) is 17.8 Å². The standard InChI is InChI=1S/C11H18N2O/c1-12-8-11-13-7-10(14-11)9-5-3-2-4-6-9/h7,9,12H,2-6,8H2,1H3. The Morgan fingerprint density at radius 1 is 1.43 bits per heavy atom. The summed E-state index contributed by atoms with van der Waals surface area (Å²) >= 11 is 0. The van der Waals surface area contributed by atoms with E-state index in [9.17, 15) is 0 Å². The van der Waals surface area contributed by atoms with Gasteiger partial charge < -0.3 is 9.73 Å². The number of hydrogen-bond donors (Lipinski definition) is 1. The molecule has 1 aliphatic carbocycles. The lowest BCUT2D eigenvalue weighted by Crippen LogP contribution is -2.05. The predicted molar refractivity (Wildman–Crippen MR) is 55.1 cm³/mol. The number of oxazole rings is 1. The molecule has 0 atom stereocenters. The van der Waals surface area contributed by atoms with Crippen molar-refractivity contribution in [2.75, 3.05) is 7.05 Å². The molecule has 1 aliphatic rings. The first kappa shape index (κ1) is 9.71. The first-order valence-corrected chi connectivity index (χ1v) is 5.49. The van der Waals surface area contributed by atoms with Crippen LogP contribution in [0.5, 0.6) is 0 Å². The molecule has 2 rings (SSSR count). The quantitative estimate of drug-likeness (QED) is 0.803. The van der Waals surface area contributed by atoms with Gasteiger partial charge in [-0.1, -0.05) is 19.3 Å². The van der Waals surface area contributed by atoms with Crippen LogP contribution >= 0.6 is 0 Å². The van der Waals surface area contributed by atoms with E-state index in [0.717, 1.165) is 18.2 Å². The van der Waals surface area contributed by atoms with Gasteiger partial charge in [0.25, 0.3) is 0 Å². The van der Waals surface area contributed by atoms with Gasteiger partial charge in [0.15, 0.2) is 0 Å². The van der Waals surface area contributed by atoms with Gasteiger partial charge in [-0.3, -0.25) is 0 Å². The topological polar surface area (TPSA) is 38.1 Å². The zero-order valence-electron chi connectivity index (χ0n) is 8.75. The highest BCUT2D eigenvalue weighted by atomic mass is 16.4. The van der Waals surface area contributed by atoms with E-state index in [0.29, 0.717) is 5.92 Å². The molecule has 1 N–H and O–H groups in total. The Morgan fingerprint density at radius 2 is 2.21 bits per heavy atom. The largest absolute Gasteiger partial charge is 0.444 e. The van der Waals surface area contributed by atoms with Gasteiger partial charge in [-0.2, -0.15) is 0 Å². The Hall–Kier alpha value is -0.830. The van der Waals surface area contributed by atoms with Crippen molar-refractivity contribution >= 4 is 0 Å². The molecule has 1 aromatic rings. The number of hydrogen-bond acceptors (Lipinski definition) is 3. The van der Waals surface area contributed by atoms with Gasteiger partial charge in [-0.05, 0) is 19.9 Å². The minimum absolute atomic E-state index is 0.627. The van der Waals surface area contributed by atoms with Crippen LogP contribution in [0.15, 0.2) is 10.6 Å². The molecule has 0 saturated heterocycles. The lowest BCUT2D eigenvalue weighted by Gasteiger charge is -2.18. The van der Waals surface area contributed by atoms with Gasteiger partial charge in [0.1, 0.15) is 5.76 Å². The van der Waals surface area contributed by atoms with Crippen LogP contribution in [0.1, 0.15) is 49.7 Å². The average Bonchev–Trinajstić information content (AvgIpc) is 2.68. The van der Waals surface area contributed by atoms with Gasteiger partial charge in [0, 0.05) is 5.92 Å². The lowest BCUT2D eigenvalue weighted by molar-refractivity contribution is 0.357. The van der Waals surface area contributed by atoms with Crippen molar-refractivity contribution in [2.45, 2.75) is 44.6 Å². The fourth-order valence-corrected chi connectivity index (χ4v) is 2.13. The zero-order chi connectivity index (χ0) is 9.80. The SMILES string of the molecule is CNCc1ncc(C2CCCCC2)o1. The maximum atomic E-state index is 5.69. The summed E-state index contributed by atoms with van der Waals surface area (Å²) in [5, 5.41) is 3.04. The highest BCUT2D eigenvalue weighted by Gasteiger charge is 2.19. The van der Waals surface area contributed by atoms with Gasteiger partial charge >= 0.3 is 0 Å². The normalized spacial score (nSPS) is 18.6. The summed E-state index contributed by atoms with van der Waals surface area (Å²) in [6.45, 7) is 0.729. The molecular formula is C11H18N2O. The van der Waals surface area contributed by atoms with Crippen LogP contribution in [0.25, 0.3) is 0 Å². The molecule has 0 unspecified atom stereocenters. The molecule has 0 radical (unpaired) electrons. The van der Waals surface area contributed by atoms with Crippen molar-refractivity contribution in [3.63, 3.8) is 0 Å². The highest BCUT2D eigenvalue weighted by molar-refractivity contribution is 5.02. The van der Waals surface area contributed by atoms with Crippen LogP contribution in [0.3, 0.4) is 0 Å². The summed E-state index contributed by atoms with van der Waals surface area (Å²) in [6.07, 6.45) is 8.51. The van der Waals surface area contributed by atoms with Crippen LogP contribution in [0, 0.1) is 0 Å². The first-order chi connectivity index (χ1) is 6.90. The van der Waals surface area contributed by atoms with E-state index < -0.39 is 0 Å². The van der Waals surface area contributed by atoms with Crippen LogP contribution in [-0.4, -0.2) is 12.0 Å². The second-order valence-electron chi connectivity index (χ2n) is 4.02. The second kappa shape index (κ2) is 4.60. The maximum Gasteiger partial charge on any atom is 0.208 e. The minimum atomic E-state index is 0.627. The van der Waals surface area contributed by atoms with E-state index in [4.69, 9.17) is 4.42 Å². The fraction of sp³-hybridized carbons (Fsp3) is 0.727. The summed E-state index contributed by atoms with van der Waals surface area (Å²) in [5.41, 5.74) is 0. The smallest absolute Gasteiger partial charge is 0.208 e. The summed E-state index contributed by atoms with van der Waals surface area (Å²) in [5.74, 6) is 2.53. The van der Waals surface area contributed by atoms with Crippen molar-refractivity contribution in [1.82, 2.24) is 10.3 Å². The summed E-state index contributed by atoms with van der Waals surface area (Å²) in [4.78, 5) is 4.25. The third-order valence-electron chi connectivity index (χ3n) is 2.91. The Labute approximate surface area is 84.9 Å². The summed E-state index contributed by atoms with van der Waals surface area (Å²) < 4.78 is 5.69. The third-order valence-corrected chi connectivity index (χ3v) is 2.91. The molecule has 1 aromatic heterocycles. The number of aromatic nitrogens is 1. The molecule has 1 fully saturated rings. The molecule has 14 heavy (non-hydrogen) atoms. The van der Waals surface area contributed by atoms with Gasteiger partial charge in [0.05, 0.1) is 12.7 Å². The van der Waals surface area contributed by atoms with E-state index >= 15 is 0 Å². The lowest BCUT2D eigenvalue weighted by atomic mass is 9.88. The summed E-state index contributed by atoms with van der Waals surface area (Å²) in [7, 11) is 1.91. The van der Waals surface area contributed by atoms with Crippen molar-refractivity contribution < 1.29 is 4.42 Å². The Bertz CT molecular complexity index is 277. The molecule has 3 heteroatoms. The monoisotopic (exact) mass is 194 g/mol. The van der Waals surface area contributed by atoms with Crippen molar-refractivity contribution in [1.29, 1.82) is 0 Å². The molecule has 0 amide bonds. The van der Waals surface area contributed by atoms with E-state index in [2.05, 4.69) is 10.3 Å². The van der Waals surface area contributed by atoms with Crippen LogP contribution in [0.2, 0.25) is 0 Å². The van der Waals surface area contributed by atoms with Crippen LogP contribution in [0.4, 0.5) is 0 Å². The molecule has 3 nitrogen and oxygen atoms in total. The zero-order valence-corrected chi connectivity index (χ0v) is 8.75. The van der Waals surface area contributed by atoms with E-state index in [-0.39, 0.29) is 0 Å². The van der Waals surface area contributed by atoms with Crippen LogP contribution < -0.4 is 5.32 Å². The molecule has 0 bridgehead atoms. The number of nitrogens with zero attached hydrogens (tertiary/aromatic N) is 1. The van der Waals surface area contributed by atoms with Crippen LogP contribution in [-0.2, 0) is 6.54 Å². The van der Waals surface area contributed by atoms with E-state index in [1.165, 1.54) is 32.1 Å². The van der Waals surface area contributed by atoms with Gasteiger partial charge in [-0.25, -0.2) is 4.98 Å². The Balaban J connectivity index is 2.00. The molecule has 1 heterocycles. The number of nitrogens with one attached hydrogen (secondary N) is 1. The second-order valence-corrected chi connectivity index (χ2v) is 4.02. The Kier molecular flexibility index (Phi) is 3.19. The third kappa shape index (κ3) is 2.15. The van der Waals surface area contributed by atoms with Crippen molar-refractivity contribution in [3.8, 4) is 0 Å². The van der Waals surface area contributed by atoms with Gasteiger partial charge in [-0.15, -0.1) is 0 Å². The average molecular weight is 194 g/mol. The maximum absolute atomic E-state index is 5.69. The number of rotatable bonds is 3. The minimum Gasteiger partial charge on any atom is -0.444 e. The first-order valence-electron chi connectivity index (χ1n) is 5.49. The summed E-state index contributed by atoms with van der Waals surface area (Å²) in [6, 6.07) is 0. The molecule has 0 aliphatic heterocycles. The highest BCUT2D eigenvalue weighted by Crippen LogP contribution is 2.32. The Morgan fingerprint density at radius 3 is 2.93 bits per heavy atom. The fourth-order valence-electron chi connectivity index (χ4n) is 2.13. The molecule has 78 valence electrons. The molecule has 0 aromatic carbocycles.